The van der Waals surface area contributed by atoms with Gasteiger partial charge in [0, 0.05) is 16.7 Å². The molecule has 21 heavy (non-hydrogen) atoms. The van der Waals surface area contributed by atoms with E-state index in [1.54, 1.807) is 22.7 Å². The summed E-state index contributed by atoms with van der Waals surface area (Å²) in [5.41, 5.74) is 8.60. The Balaban J connectivity index is 2.30. The third-order valence-electron chi connectivity index (χ3n) is 3.23. The van der Waals surface area contributed by atoms with Crippen LogP contribution in [0.5, 0.6) is 0 Å². The number of nitrogens with zero attached hydrogens (tertiary/aromatic N) is 3. The van der Waals surface area contributed by atoms with Crippen LogP contribution in [0, 0.1) is 17.0 Å². The average molecular weight is 347 g/mol. The number of aryl methyl sites for hydroxylation is 1. The van der Waals surface area contributed by atoms with Crippen molar-refractivity contribution in [3.8, 4) is 11.3 Å². The van der Waals surface area contributed by atoms with Crippen LogP contribution in [0.2, 0.25) is 0 Å². The van der Waals surface area contributed by atoms with Gasteiger partial charge in [0.15, 0.2) is 0 Å². The normalized spacial score (nSPS) is 11.0. The van der Waals surface area contributed by atoms with Gasteiger partial charge in [-0.2, -0.15) is 0 Å². The van der Waals surface area contributed by atoms with E-state index in [0.717, 1.165) is 5.56 Å². The third kappa shape index (κ3) is 2.25. The number of halogens is 1. The first-order valence-corrected chi connectivity index (χ1v) is 6.95. The summed E-state index contributed by atoms with van der Waals surface area (Å²) in [7, 11) is 0. The molecule has 3 aromatic rings. The number of nitro benzene ring substituents is 1. The number of pyridine rings is 1. The van der Waals surface area contributed by atoms with Gasteiger partial charge in [0.05, 0.1) is 10.5 Å². The minimum absolute atomic E-state index is 0.0313. The minimum Gasteiger partial charge on any atom is -0.383 e. The van der Waals surface area contributed by atoms with Gasteiger partial charge >= 0.3 is 0 Å². The van der Waals surface area contributed by atoms with Crippen LogP contribution < -0.4 is 5.73 Å². The molecule has 0 aliphatic heterocycles. The number of fused-ring (bicyclic) bond motifs is 1. The highest BCUT2D eigenvalue weighted by Crippen LogP contribution is 2.35. The molecule has 0 unspecified atom stereocenters. The Labute approximate surface area is 128 Å². The zero-order chi connectivity index (χ0) is 15.1. The van der Waals surface area contributed by atoms with Crippen LogP contribution in [-0.4, -0.2) is 14.3 Å². The highest BCUT2D eigenvalue weighted by molar-refractivity contribution is 9.10. The van der Waals surface area contributed by atoms with Gasteiger partial charge in [0.2, 0.25) is 0 Å². The quantitative estimate of drug-likeness (QED) is 0.567. The summed E-state index contributed by atoms with van der Waals surface area (Å²) in [4.78, 5) is 15.2. The largest absolute Gasteiger partial charge is 0.383 e. The Morgan fingerprint density at radius 3 is 2.81 bits per heavy atom. The fourth-order valence-electron chi connectivity index (χ4n) is 2.22. The maximum absolute atomic E-state index is 11.2. The number of aromatic nitrogens is 2. The summed E-state index contributed by atoms with van der Waals surface area (Å²) in [6.45, 7) is 1.95. The highest BCUT2D eigenvalue weighted by atomic mass is 79.9. The van der Waals surface area contributed by atoms with E-state index in [-0.39, 0.29) is 5.69 Å². The number of hydrogen-bond acceptors (Lipinski definition) is 4. The first-order chi connectivity index (χ1) is 9.97. The van der Waals surface area contributed by atoms with E-state index < -0.39 is 4.92 Å². The first kappa shape index (κ1) is 13.6. The molecule has 2 heterocycles. The van der Waals surface area contributed by atoms with E-state index >= 15 is 0 Å². The summed E-state index contributed by atoms with van der Waals surface area (Å²) < 4.78 is 2.35. The molecule has 106 valence electrons. The van der Waals surface area contributed by atoms with Crippen LogP contribution in [0.15, 0.2) is 41.0 Å². The van der Waals surface area contributed by atoms with Gasteiger partial charge in [-0.1, -0.05) is 15.9 Å². The zero-order valence-corrected chi connectivity index (χ0v) is 12.7. The van der Waals surface area contributed by atoms with Crippen LogP contribution in [0.3, 0.4) is 0 Å². The number of imidazole rings is 1. The molecular weight excluding hydrogens is 336 g/mol. The summed E-state index contributed by atoms with van der Waals surface area (Å²) in [6.07, 6.45) is 1.81. The molecule has 3 rings (SSSR count). The van der Waals surface area contributed by atoms with Crippen LogP contribution in [-0.2, 0) is 0 Å². The molecule has 0 bridgehead atoms. The molecule has 0 radical (unpaired) electrons. The molecule has 0 amide bonds. The van der Waals surface area contributed by atoms with Gasteiger partial charge in [0.1, 0.15) is 17.2 Å². The lowest BCUT2D eigenvalue weighted by molar-refractivity contribution is -0.384. The fraction of sp³-hybridized carbons (Fsp3) is 0.0714. The summed E-state index contributed by atoms with van der Waals surface area (Å²) >= 11 is 3.24. The number of hydrogen-bond donors (Lipinski definition) is 1. The van der Waals surface area contributed by atoms with Crippen molar-refractivity contribution < 1.29 is 4.92 Å². The maximum Gasteiger partial charge on any atom is 0.280 e. The van der Waals surface area contributed by atoms with E-state index in [9.17, 15) is 10.1 Å². The monoisotopic (exact) mass is 346 g/mol. The van der Waals surface area contributed by atoms with Crippen molar-refractivity contribution in [1.29, 1.82) is 0 Å². The lowest BCUT2D eigenvalue weighted by Crippen LogP contribution is -1.96. The number of nitro groups is 1. The van der Waals surface area contributed by atoms with E-state index in [0.29, 0.717) is 27.2 Å². The van der Waals surface area contributed by atoms with Crippen LogP contribution in [0.1, 0.15) is 5.56 Å². The second kappa shape index (κ2) is 4.85. The zero-order valence-electron chi connectivity index (χ0n) is 11.1. The molecule has 0 saturated carbocycles. The Kier molecular flexibility index (Phi) is 3.13. The molecule has 0 saturated heterocycles. The second-order valence-electron chi connectivity index (χ2n) is 4.70. The standard InChI is InChI=1S/C14H11BrN4O2/c1-8-4-5-18-12(6-8)17-13(14(18)16)10-3-2-9(15)7-11(10)19(20)21/h2-7H,16H2,1H3. The molecule has 0 spiro atoms. The maximum atomic E-state index is 11.2. The lowest BCUT2D eigenvalue weighted by Gasteiger charge is -2.02. The summed E-state index contributed by atoms with van der Waals surface area (Å²) in [6, 6.07) is 8.61. The first-order valence-electron chi connectivity index (χ1n) is 6.16. The molecule has 2 N–H and O–H groups in total. The van der Waals surface area contributed by atoms with Crippen molar-refractivity contribution >= 4 is 33.1 Å². The fourth-order valence-corrected chi connectivity index (χ4v) is 2.57. The molecule has 7 heteroatoms. The van der Waals surface area contributed by atoms with E-state index in [2.05, 4.69) is 20.9 Å². The highest BCUT2D eigenvalue weighted by Gasteiger charge is 2.21. The predicted molar refractivity (Wildman–Crippen MR) is 84.1 cm³/mol. The van der Waals surface area contributed by atoms with Crippen molar-refractivity contribution in [2.24, 2.45) is 0 Å². The Hall–Kier alpha value is -2.41. The Morgan fingerprint density at radius 2 is 2.10 bits per heavy atom. The van der Waals surface area contributed by atoms with Crippen molar-refractivity contribution in [2.45, 2.75) is 6.92 Å². The third-order valence-corrected chi connectivity index (χ3v) is 3.72. The van der Waals surface area contributed by atoms with Crippen molar-refractivity contribution in [3.63, 3.8) is 0 Å². The van der Waals surface area contributed by atoms with Gasteiger partial charge in [-0.15, -0.1) is 0 Å². The number of nitrogens with two attached hydrogens (primary N) is 1. The van der Waals surface area contributed by atoms with Crippen LogP contribution in [0.4, 0.5) is 11.5 Å². The number of rotatable bonds is 2. The van der Waals surface area contributed by atoms with Crippen LogP contribution in [0.25, 0.3) is 16.9 Å². The molecule has 1 aromatic carbocycles. The van der Waals surface area contributed by atoms with E-state index in [1.165, 1.54) is 6.07 Å². The van der Waals surface area contributed by atoms with Gasteiger partial charge in [-0.3, -0.25) is 14.5 Å². The van der Waals surface area contributed by atoms with Gasteiger partial charge in [-0.25, -0.2) is 4.98 Å². The molecule has 6 nitrogen and oxygen atoms in total. The Morgan fingerprint density at radius 1 is 1.33 bits per heavy atom. The SMILES string of the molecule is Cc1ccn2c(N)c(-c3ccc(Br)cc3[N+](=O)[O-])nc2c1. The Bertz CT molecular complexity index is 873. The number of anilines is 1. The minimum atomic E-state index is -0.436. The smallest absolute Gasteiger partial charge is 0.280 e. The van der Waals surface area contributed by atoms with Crippen molar-refractivity contribution in [2.75, 3.05) is 5.73 Å². The van der Waals surface area contributed by atoms with Gasteiger partial charge in [-0.05, 0) is 36.8 Å². The molecule has 0 atom stereocenters. The van der Waals surface area contributed by atoms with Crippen molar-refractivity contribution in [1.82, 2.24) is 9.38 Å². The average Bonchev–Trinajstić information content (AvgIpc) is 2.75. The van der Waals surface area contributed by atoms with E-state index in [1.807, 2.05) is 19.1 Å². The number of nitrogen functional groups attached to an aromatic ring is 1. The second-order valence-corrected chi connectivity index (χ2v) is 5.61. The molecule has 2 aromatic heterocycles. The molecule has 0 aliphatic carbocycles. The molecular formula is C14H11BrN4O2. The molecule has 0 aliphatic rings. The van der Waals surface area contributed by atoms with Gasteiger partial charge < -0.3 is 5.73 Å². The predicted octanol–water partition coefficient (Wildman–Crippen LogP) is 3.56. The lowest BCUT2D eigenvalue weighted by atomic mass is 10.1. The molecule has 0 fully saturated rings. The van der Waals surface area contributed by atoms with E-state index in [4.69, 9.17) is 5.73 Å². The summed E-state index contributed by atoms with van der Waals surface area (Å²) in [5, 5.41) is 11.2. The van der Waals surface area contributed by atoms with Crippen LogP contribution >= 0.6 is 15.9 Å². The topological polar surface area (TPSA) is 86.5 Å². The van der Waals surface area contributed by atoms with Gasteiger partial charge in [0.25, 0.3) is 5.69 Å². The number of benzene rings is 1. The van der Waals surface area contributed by atoms with Crippen molar-refractivity contribution in [3.05, 3.63) is 56.7 Å². The summed E-state index contributed by atoms with van der Waals surface area (Å²) in [5.74, 6) is 0.385.